The summed E-state index contributed by atoms with van der Waals surface area (Å²) in [6, 6.07) is 3.58. The highest BCUT2D eigenvalue weighted by molar-refractivity contribution is 7.19. The van der Waals surface area contributed by atoms with Crippen molar-refractivity contribution >= 4 is 21.3 Å². The predicted octanol–water partition coefficient (Wildman–Crippen LogP) is 0.913. The van der Waals surface area contributed by atoms with Gasteiger partial charge < -0.3 is 11.5 Å². The van der Waals surface area contributed by atoms with E-state index in [0.717, 1.165) is 10.0 Å². The van der Waals surface area contributed by atoms with Crippen LogP contribution in [-0.2, 0) is 0 Å². The standard InChI is InChI=1S/C4H6N2S/c5-3-1-2-4(6)7-3/h1-2H,5-6H2. The molecule has 0 saturated heterocycles. The fourth-order valence-corrected chi connectivity index (χ4v) is 0.913. The Morgan fingerprint density at radius 3 is 1.71 bits per heavy atom. The SMILES string of the molecule is Nc1ccc(N)s1. The second-order valence-electron chi connectivity index (χ2n) is 1.24. The average Bonchev–Trinajstić information content (AvgIpc) is 1.87. The summed E-state index contributed by atoms with van der Waals surface area (Å²) < 4.78 is 0. The van der Waals surface area contributed by atoms with E-state index in [1.54, 1.807) is 12.1 Å². The summed E-state index contributed by atoms with van der Waals surface area (Å²) >= 11 is 1.40. The topological polar surface area (TPSA) is 52.0 Å². The lowest BCUT2D eigenvalue weighted by Gasteiger charge is -1.73. The Bertz CT molecular complexity index is 142. The number of nitrogen functional groups attached to an aromatic ring is 2. The summed E-state index contributed by atoms with van der Waals surface area (Å²) in [5, 5.41) is 1.55. The number of hydrogen-bond acceptors (Lipinski definition) is 3. The van der Waals surface area contributed by atoms with Crippen LogP contribution in [0.1, 0.15) is 0 Å². The van der Waals surface area contributed by atoms with Crippen molar-refractivity contribution in [3.8, 4) is 0 Å². The Kier molecular flexibility index (Phi) is 0.906. The molecule has 0 aliphatic heterocycles. The maximum Gasteiger partial charge on any atom is 0.0878 e. The first-order valence-electron chi connectivity index (χ1n) is 1.90. The average molecular weight is 114 g/mol. The van der Waals surface area contributed by atoms with Crippen LogP contribution in [0.5, 0.6) is 0 Å². The van der Waals surface area contributed by atoms with Gasteiger partial charge in [-0.2, -0.15) is 0 Å². The molecule has 0 amide bonds. The first-order valence-corrected chi connectivity index (χ1v) is 2.71. The molecule has 0 saturated carbocycles. The molecule has 2 nitrogen and oxygen atoms in total. The van der Waals surface area contributed by atoms with Crippen molar-refractivity contribution < 1.29 is 0 Å². The smallest absolute Gasteiger partial charge is 0.0878 e. The predicted molar refractivity (Wildman–Crippen MR) is 33.1 cm³/mol. The summed E-state index contributed by atoms with van der Waals surface area (Å²) in [6.45, 7) is 0. The summed E-state index contributed by atoms with van der Waals surface area (Å²) in [4.78, 5) is 0. The van der Waals surface area contributed by atoms with Crippen molar-refractivity contribution in [1.29, 1.82) is 0 Å². The number of hydrogen-bond donors (Lipinski definition) is 2. The van der Waals surface area contributed by atoms with E-state index in [2.05, 4.69) is 0 Å². The molecule has 4 N–H and O–H groups in total. The summed E-state index contributed by atoms with van der Waals surface area (Å²) in [5.41, 5.74) is 10.6. The van der Waals surface area contributed by atoms with Crippen LogP contribution in [0.4, 0.5) is 10.0 Å². The van der Waals surface area contributed by atoms with Crippen LogP contribution in [0.2, 0.25) is 0 Å². The summed E-state index contributed by atoms with van der Waals surface area (Å²) in [5.74, 6) is 0. The molecular formula is C4H6N2S. The van der Waals surface area contributed by atoms with Gasteiger partial charge in [-0.15, -0.1) is 11.3 Å². The monoisotopic (exact) mass is 114 g/mol. The third-order valence-electron chi connectivity index (χ3n) is 0.648. The number of thiophene rings is 1. The highest BCUT2D eigenvalue weighted by Gasteiger charge is 1.85. The molecular weight excluding hydrogens is 108 g/mol. The van der Waals surface area contributed by atoms with Gasteiger partial charge in [0.15, 0.2) is 0 Å². The Balaban J connectivity index is 3.04. The Morgan fingerprint density at radius 1 is 1.14 bits per heavy atom. The maximum atomic E-state index is 5.32. The van der Waals surface area contributed by atoms with E-state index >= 15 is 0 Å². The molecule has 0 aliphatic carbocycles. The van der Waals surface area contributed by atoms with Crippen LogP contribution < -0.4 is 11.5 Å². The summed E-state index contributed by atoms with van der Waals surface area (Å²) in [6.07, 6.45) is 0. The van der Waals surface area contributed by atoms with E-state index in [-0.39, 0.29) is 0 Å². The van der Waals surface area contributed by atoms with Crippen molar-refractivity contribution in [2.75, 3.05) is 11.5 Å². The van der Waals surface area contributed by atoms with Crippen molar-refractivity contribution in [1.82, 2.24) is 0 Å². The number of nitrogens with two attached hydrogens (primary N) is 2. The quantitative estimate of drug-likeness (QED) is 0.526. The van der Waals surface area contributed by atoms with Gasteiger partial charge in [-0.25, -0.2) is 0 Å². The van der Waals surface area contributed by atoms with E-state index in [1.807, 2.05) is 0 Å². The molecule has 3 heteroatoms. The third-order valence-corrected chi connectivity index (χ3v) is 1.39. The van der Waals surface area contributed by atoms with Crippen molar-refractivity contribution in [2.24, 2.45) is 0 Å². The largest absolute Gasteiger partial charge is 0.391 e. The van der Waals surface area contributed by atoms with Crippen LogP contribution in [0, 0.1) is 0 Å². The highest BCUT2D eigenvalue weighted by atomic mass is 32.1. The molecule has 0 unspecified atom stereocenters. The molecule has 0 radical (unpaired) electrons. The van der Waals surface area contributed by atoms with E-state index in [4.69, 9.17) is 11.5 Å². The van der Waals surface area contributed by atoms with Crippen LogP contribution in [0.25, 0.3) is 0 Å². The Labute approximate surface area is 45.8 Å². The van der Waals surface area contributed by atoms with Crippen LogP contribution in [-0.4, -0.2) is 0 Å². The molecule has 0 bridgehead atoms. The highest BCUT2D eigenvalue weighted by Crippen LogP contribution is 2.18. The molecule has 38 valence electrons. The zero-order chi connectivity index (χ0) is 5.28. The lowest BCUT2D eigenvalue weighted by atomic mass is 10.6. The number of rotatable bonds is 0. The molecule has 0 fully saturated rings. The van der Waals surface area contributed by atoms with Crippen LogP contribution in [0.15, 0.2) is 12.1 Å². The minimum Gasteiger partial charge on any atom is -0.391 e. The van der Waals surface area contributed by atoms with Gasteiger partial charge in [0.05, 0.1) is 10.0 Å². The molecule has 1 aromatic heterocycles. The second kappa shape index (κ2) is 1.42. The number of anilines is 2. The van der Waals surface area contributed by atoms with Gasteiger partial charge >= 0.3 is 0 Å². The first kappa shape index (κ1) is 4.46. The van der Waals surface area contributed by atoms with Gasteiger partial charge in [0, 0.05) is 0 Å². The van der Waals surface area contributed by atoms with Crippen LogP contribution in [0.3, 0.4) is 0 Å². The lowest BCUT2D eigenvalue weighted by Crippen LogP contribution is -1.74. The molecule has 1 heterocycles. The van der Waals surface area contributed by atoms with Gasteiger partial charge in [-0.05, 0) is 12.1 Å². The molecule has 0 atom stereocenters. The molecule has 7 heavy (non-hydrogen) atoms. The molecule has 1 aromatic rings. The second-order valence-corrected chi connectivity index (χ2v) is 2.39. The van der Waals surface area contributed by atoms with Gasteiger partial charge in [0.25, 0.3) is 0 Å². The normalized spacial score (nSPS) is 9.14. The summed E-state index contributed by atoms with van der Waals surface area (Å²) in [7, 11) is 0. The van der Waals surface area contributed by atoms with Gasteiger partial charge in [0.2, 0.25) is 0 Å². The zero-order valence-corrected chi connectivity index (χ0v) is 4.53. The first-order chi connectivity index (χ1) is 3.29. The maximum absolute atomic E-state index is 5.32. The van der Waals surface area contributed by atoms with Crippen molar-refractivity contribution in [2.45, 2.75) is 0 Å². The van der Waals surface area contributed by atoms with Gasteiger partial charge in [0.1, 0.15) is 0 Å². The Morgan fingerprint density at radius 2 is 1.57 bits per heavy atom. The fraction of sp³-hybridized carbons (Fsp3) is 0. The van der Waals surface area contributed by atoms with Gasteiger partial charge in [-0.1, -0.05) is 0 Å². The molecule has 1 rings (SSSR count). The van der Waals surface area contributed by atoms with Crippen molar-refractivity contribution in [3.63, 3.8) is 0 Å². The minimum atomic E-state index is 0.775. The van der Waals surface area contributed by atoms with Gasteiger partial charge in [-0.3, -0.25) is 0 Å². The zero-order valence-electron chi connectivity index (χ0n) is 3.72. The minimum absolute atomic E-state index is 0.775. The van der Waals surface area contributed by atoms with E-state index < -0.39 is 0 Å². The fourth-order valence-electron chi connectivity index (χ4n) is 0.368. The van der Waals surface area contributed by atoms with Crippen LogP contribution >= 0.6 is 11.3 Å². The Hall–Kier alpha value is -0.700. The van der Waals surface area contributed by atoms with E-state index in [9.17, 15) is 0 Å². The molecule has 0 aromatic carbocycles. The molecule has 0 spiro atoms. The van der Waals surface area contributed by atoms with E-state index in [0.29, 0.717) is 0 Å². The lowest BCUT2D eigenvalue weighted by molar-refractivity contribution is 1.91. The van der Waals surface area contributed by atoms with E-state index in [1.165, 1.54) is 11.3 Å². The van der Waals surface area contributed by atoms with Crippen molar-refractivity contribution in [3.05, 3.63) is 12.1 Å². The molecule has 0 aliphatic rings. The third kappa shape index (κ3) is 0.838.